The molecule has 0 heterocycles. The number of thioether (sulfide) groups is 1. The molecule has 2 rings (SSSR count). The lowest BCUT2D eigenvalue weighted by Gasteiger charge is -2.16. The molecular weight excluding hydrogens is 270 g/mol. The number of benzene rings is 2. The van der Waals surface area contributed by atoms with E-state index in [1.54, 1.807) is 0 Å². The molecule has 0 spiro atoms. The fourth-order valence-corrected chi connectivity index (χ4v) is 2.55. The van der Waals surface area contributed by atoms with E-state index in [0.29, 0.717) is 5.75 Å². The van der Waals surface area contributed by atoms with Crippen molar-refractivity contribution >= 4 is 17.7 Å². The van der Waals surface area contributed by atoms with Gasteiger partial charge >= 0.3 is 0 Å². The van der Waals surface area contributed by atoms with E-state index in [4.69, 9.17) is 0 Å². The number of rotatable bonds is 6. The molecule has 0 aliphatic heterocycles. The van der Waals surface area contributed by atoms with Crippen molar-refractivity contribution in [2.75, 3.05) is 12.4 Å². The number of carbonyl (C=O) groups is 1. The van der Waals surface area contributed by atoms with Crippen LogP contribution in [0, 0.1) is 0 Å². The second-order valence-corrected chi connectivity index (χ2v) is 5.36. The molecule has 0 fully saturated rings. The summed E-state index contributed by atoms with van der Waals surface area (Å²) >= 11 is 1.48. The lowest BCUT2D eigenvalue weighted by atomic mass is 10.1. The van der Waals surface area contributed by atoms with E-state index >= 15 is 0 Å². The Balaban J connectivity index is 1.87. The van der Waals surface area contributed by atoms with Gasteiger partial charge in [0, 0.05) is 4.90 Å². The van der Waals surface area contributed by atoms with Crippen LogP contribution in [0.15, 0.2) is 65.6 Å². The van der Waals surface area contributed by atoms with Gasteiger partial charge in [-0.1, -0.05) is 48.5 Å². The number of aliphatic hydroxyl groups is 1. The summed E-state index contributed by atoms with van der Waals surface area (Å²) in [6.07, 6.45) is 0. The van der Waals surface area contributed by atoms with E-state index in [2.05, 4.69) is 5.32 Å². The maximum Gasteiger partial charge on any atom is 0.230 e. The monoisotopic (exact) mass is 287 g/mol. The molecule has 0 radical (unpaired) electrons. The van der Waals surface area contributed by atoms with Crippen LogP contribution in [0.5, 0.6) is 0 Å². The Morgan fingerprint density at radius 3 is 2.25 bits per heavy atom. The minimum atomic E-state index is -0.347. The number of hydrogen-bond acceptors (Lipinski definition) is 3. The van der Waals surface area contributed by atoms with Gasteiger partial charge in [-0.15, -0.1) is 11.8 Å². The molecule has 1 amide bonds. The third-order valence-electron chi connectivity index (χ3n) is 2.83. The van der Waals surface area contributed by atoms with Crippen molar-refractivity contribution in [3.8, 4) is 0 Å². The molecule has 1 atom stereocenters. The third kappa shape index (κ3) is 4.40. The highest BCUT2D eigenvalue weighted by molar-refractivity contribution is 8.00. The summed E-state index contributed by atoms with van der Waals surface area (Å²) in [5.74, 6) is 0.259. The Bertz CT molecular complexity index is 531. The number of aliphatic hydroxyl groups excluding tert-OH is 1. The van der Waals surface area contributed by atoms with Crippen LogP contribution in [0.4, 0.5) is 0 Å². The van der Waals surface area contributed by atoms with Crippen LogP contribution in [0.2, 0.25) is 0 Å². The van der Waals surface area contributed by atoms with Crippen LogP contribution in [0.3, 0.4) is 0 Å². The fraction of sp³-hybridized carbons (Fsp3) is 0.188. The molecule has 0 aliphatic rings. The highest BCUT2D eigenvalue weighted by Gasteiger charge is 2.13. The SMILES string of the molecule is O=C(CSc1ccccc1)N[C@H](CO)c1ccccc1. The van der Waals surface area contributed by atoms with Crippen molar-refractivity contribution in [3.05, 3.63) is 66.2 Å². The molecule has 2 N–H and O–H groups in total. The standard InChI is InChI=1S/C16H17NO2S/c18-11-15(13-7-3-1-4-8-13)17-16(19)12-20-14-9-5-2-6-10-14/h1-10,15,18H,11-12H2,(H,17,19)/t15-/m1/s1. The first-order valence-electron chi connectivity index (χ1n) is 6.42. The summed E-state index contributed by atoms with van der Waals surface area (Å²) in [4.78, 5) is 13.0. The second kappa shape index (κ2) is 7.72. The zero-order valence-corrected chi connectivity index (χ0v) is 11.8. The molecule has 4 heteroatoms. The lowest BCUT2D eigenvalue weighted by molar-refractivity contribution is -0.119. The average Bonchev–Trinajstić information content (AvgIpc) is 2.52. The van der Waals surface area contributed by atoms with Crippen molar-refractivity contribution in [1.82, 2.24) is 5.32 Å². The van der Waals surface area contributed by atoms with Gasteiger partial charge in [-0.3, -0.25) is 4.79 Å². The normalized spacial score (nSPS) is 11.8. The van der Waals surface area contributed by atoms with Crippen LogP contribution in [0.1, 0.15) is 11.6 Å². The summed E-state index contributed by atoms with van der Waals surface area (Å²) < 4.78 is 0. The van der Waals surface area contributed by atoms with Crippen LogP contribution in [-0.4, -0.2) is 23.4 Å². The molecule has 2 aromatic carbocycles. The molecular formula is C16H17NO2S. The van der Waals surface area contributed by atoms with Crippen molar-refractivity contribution in [2.45, 2.75) is 10.9 Å². The Kier molecular flexibility index (Phi) is 5.65. The quantitative estimate of drug-likeness (QED) is 0.803. The van der Waals surface area contributed by atoms with Crippen molar-refractivity contribution in [2.24, 2.45) is 0 Å². The van der Waals surface area contributed by atoms with Crippen molar-refractivity contribution in [1.29, 1.82) is 0 Å². The third-order valence-corrected chi connectivity index (χ3v) is 3.84. The average molecular weight is 287 g/mol. The van der Waals surface area contributed by atoms with Gasteiger partial charge in [0.05, 0.1) is 18.4 Å². The summed E-state index contributed by atoms with van der Waals surface area (Å²) in [5.41, 5.74) is 0.910. The minimum Gasteiger partial charge on any atom is -0.394 e. The van der Waals surface area contributed by atoms with Gasteiger partial charge in [0.25, 0.3) is 0 Å². The largest absolute Gasteiger partial charge is 0.394 e. The van der Waals surface area contributed by atoms with E-state index in [9.17, 15) is 9.90 Å². The fourth-order valence-electron chi connectivity index (χ4n) is 1.82. The predicted molar refractivity (Wildman–Crippen MR) is 81.6 cm³/mol. The minimum absolute atomic E-state index is 0.0817. The Hall–Kier alpha value is -1.78. The van der Waals surface area contributed by atoms with Gasteiger partial charge in [-0.2, -0.15) is 0 Å². The van der Waals surface area contributed by atoms with Crippen LogP contribution in [0.25, 0.3) is 0 Å². The van der Waals surface area contributed by atoms with Crippen molar-refractivity contribution < 1.29 is 9.90 Å². The molecule has 0 aliphatic carbocycles. The number of nitrogens with one attached hydrogen (secondary N) is 1. The molecule has 0 unspecified atom stereocenters. The highest BCUT2D eigenvalue weighted by Crippen LogP contribution is 2.17. The Morgan fingerprint density at radius 2 is 1.65 bits per heavy atom. The first kappa shape index (κ1) is 14.6. The van der Waals surface area contributed by atoms with Gasteiger partial charge in [0.1, 0.15) is 0 Å². The van der Waals surface area contributed by atoms with Gasteiger partial charge in [-0.05, 0) is 17.7 Å². The van der Waals surface area contributed by atoms with Gasteiger partial charge in [-0.25, -0.2) is 0 Å². The zero-order chi connectivity index (χ0) is 14.2. The van der Waals surface area contributed by atoms with Crippen molar-refractivity contribution in [3.63, 3.8) is 0 Å². The zero-order valence-electron chi connectivity index (χ0n) is 11.0. The summed E-state index contributed by atoms with van der Waals surface area (Å²) in [7, 11) is 0. The first-order valence-corrected chi connectivity index (χ1v) is 7.41. The first-order chi connectivity index (χ1) is 9.79. The van der Waals surface area contributed by atoms with E-state index in [1.807, 2.05) is 60.7 Å². The van der Waals surface area contributed by atoms with Crippen LogP contribution in [-0.2, 0) is 4.79 Å². The van der Waals surface area contributed by atoms with Gasteiger partial charge in [0.2, 0.25) is 5.91 Å². The van der Waals surface area contributed by atoms with E-state index < -0.39 is 0 Å². The maximum absolute atomic E-state index is 11.9. The molecule has 2 aromatic rings. The molecule has 20 heavy (non-hydrogen) atoms. The Labute approximate surface area is 123 Å². The topological polar surface area (TPSA) is 49.3 Å². The van der Waals surface area contributed by atoms with Gasteiger partial charge in [0.15, 0.2) is 0 Å². The molecule has 0 saturated heterocycles. The summed E-state index contributed by atoms with van der Waals surface area (Å²) in [6.45, 7) is -0.105. The number of carbonyl (C=O) groups excluding carboxylic acids is 1. The van der Waals surface area contributed by atoms with E-state index in [1.165, 1.54) is 11.8 Å². The lowest BCUT2D eigenvalue weighted by Crippen LogP contribution is -2.32. The molecule has 0 bridgehead atoms. The van der Waals surface area contributed by atoms with Crippen LogP contribution < -0.4 is 5.32 Å². The smallest absolute Gasteiger partial charge is 0.230 e. The molecule has 0 aromatic heterocycles. The van der Waals surface area contributed by atoms with E-state index in [-0.39, 0.29) is 18.6 Å². The Morgan fingerprint density at radius 1 is 1.05 bits per heavy atom. The second-order valence-electron chi connectivity index (χ2n) is 4.32. The predicted octanol–water partition coefficient (Wildman–Crippen LogP) is 2.63. The van der Waals surface area contributed by atoms with Crippen LogP contribution >= 0.6 is 11.8 Å². The summed E-state index contributed by atoms with van der Waals surface area (Å²) in [5, 5.41) is 12.2. The number of amides is 1. The van der Waals surface area contributed by atoms with E-state index in [0.717, 1.165) is 10.5 Å². The maximum atomic E-state index is 11.9. The van der Waals surface area contributed by atoms with Gasteiger partial charge < -0.3 is 10.4 Å². The summed E-state index contributed by atoms with van der Waals surface area (Å²) in [6, 6.07) is 18.9. The highest BCUT2D eigenvalue weighted by atomic mass is 32.2. The number of hydrogen-bond donors (Lipinski definition) is 2. The molecule has 3 nitrogen and oxygen atoms in total. The molecule has 104 valence electrons. The molecule has 0 saturated carbocycles.